The van der Waals surface area contributed by atoms with Gasteiger partial charge in [-0.05, 0) is 57.9 Å². The number of carbonyl (C=O) groups is 1. The lowest BCUT2D eigenvalue weighted by molar-refractivity contribution is 0.111. The lowest BCUT2D eigenvalue weighted by Crippen LogP contribution is -2.39. The Morgan fingerprint density at radius 1 is 1.05 bits per heavy atom. The first-order valence-electron chi connectivity index (χ1n) is 14.1. The summed E-state index contributed by atoms with van der Waals surface area (Å²) in [4.78, 5) is 19.5. The number of aryl methyl sites for hydroxylation is 1. The molecule has 3 aromatic heterocycles. The van der Waals surface area contributed by atoms with Crippen molar-refractivity contribution in [2.45, 2.75) is 59.7 Å². The number of ether oxygens (including phenoxy) is 1. The topological polar surface area (TPSA) is 102 Å². The van der Waals surface area contributed by atoms with E-state index >= 15 is 0 Å². The van der Waals surface area contributed by atoms with Crippen molar-refractivity contribution in [3.8, 4) is 0 Å². The Balaban J connectivity index is 1.32. The average molecular weight is 555 g/mol. The molecular formula is C31H38N8O2. The first-order chi connectivity index (χ1) is 19.8. The van der Waals surface area contributed by atoms with Gasteiger partial charge in [0.15, 0.2) is 5.82 Å². The second-order valence-electron chi connectivity index (χ2n) is 10.6. The zero-order valence-corrected chi connectivity index (χ0v) is 24.3. The highest BCUT2D eigenvalue weighted by atomic mass is 16.5. The second-order valence-corrected chi connectivity index (χ2v) is 10.6. The molecule has 0 fully saturated rings. The summed E-state index contributed by atoms with van der Waals surface area (Å²) in [6, 6.07) is 17.2. The van der Waals surface area contributed by atoms with Crippen molar-refractivity contribution in [1.29, 1.82) is 0 Å². The molecular weight excluding hydrogens is 516 g/mol. The van der Waals surface area contributed by atoms with Gasteiger partial charge >= 0.3 is 6.09 Å². The first-order valence-corrected chi connectivity index (χ1v) is 14.1. The monoisotopic (exact) mass is 554 g/mol. The van der Waals surface area contributed by atoms with E-state index < -0.39 is 6.09 Å². The molecule has 0 bridgehead atoms. The van der Waals surface area contributed by atoms with Crippen LogP contribution in [0, 0.1) is 0 Å². The van der Waals surface area contributed by atoms with Crippen molar-refractivity contribution >= 4 is 39.7 Å². The SMILES string of the molecule is CCc1c(NC(=O)OCCN(C(C)C)C(C)C)cn2ncnc(Nc3ccc4c(cnn4Cc4ccccc4)c3)c12. The highest BCUT2D eigenvalue weighted by Gasteiger charge is 2.19. The van der Waals surface area contributed by atoms with Crippen LogP contribution in [0.4, 0.5) is 22.0 Å². The van der Waals surface area contributed by atoms with Crippen molar-refractivity contribution in [2.75, 3.05) is 23.8 Å². The van der Waals surface area contributed by atoms with Gasteiger partial charge in [-0.1, -0.05) is 37.3 Å². The lowest BCUT2D eigenvalue weighted by atomic mass is 10.2. The summed E-state index contributed by atoms with van der Waals surface area (Å²) in [5, 5.41) is 16.4. The number of benzene rings is 2. The Labute approximate surface area is 240 Å². The number of carbonyl (C=O) groups excluding carboxylic acids is 1. The number of nitrogens with one attached hydrogen (secondary N) is 2. The van der Waals surface area contributed by atoms with E-state index in [2.05, 4.69) is 82.7 Å². The van der Waals surface area contributed by atoms with E-state index in [1.54, 1.807) is 10.7 Å². The zero-order valence-electron chi connectivity index (χ0n) is 24.3. The number of hydrogen-bond acceptors (Lipinski definition) is 7. The van der Waals surface area contributed by atoms with E-state index in [9.17, 15) is 4.79 Å². The van der Waals surface area contributed by atoms with E-state index in [4.69, 9.17) is 4.74 Å². The number of rotatable bonds is 11. The number of amides is 1. The molecule has 5 rings (SSSR count). The van der Waals surface area contributed by atoms with Crippen LogP contribution in [0.1, 0.15) is 45.7 Å². The number of aromatic nitrogens is 5. The molecule has 0 saturated carbocycles. The molecule has 0 aliphatic heterocycles. The molecule has 0 aliphatic carbocycles. The maximum absolute atomic E-state index is 12.7. The van der Waals surface area contributed by atoms with Gasteiger partial charge in [0.05, 0.1) is 30.1 Å². The van der Waals surface area contributed by atoms with Crippen molar-refractivity contribution in [3.05, 3.63) is 78.4 Å². The molecule has 2 N–H and O–H groups in total. The molecule has 0 saturated heterocycles. The number of fused-ring (bicyclic) bond motifs is 2. The highest BCUT2D eigenvalue weighted by Crippen LogP contribution is 2.30. The van der Waals surface area contributed by atoms with Crippen LogP contribution < -0.4 is 10.6 Å². The fraction of sp³-hybridized carbons (Fsp3) is 0.355. The Kier molecular flexibility index (Phi) is 8.49. The van der Waals surface area contributed by atoms with E-state index in [1.165, 1.54) is 11.9 Å². The summed E-state index contributed by atoms with van der Waals surface area (Å²) >= 11 is 0. The minimum Gasteiger partial charge on any atom is -0.448 e. The number of hydrogen-bond donors (Lipinski definition) is 2. The Hall–Kier alpha value is -4.44. The van der Waals surface area contributed by atoms with Gasteiger partial charge in [0, 0.05) is 35.3 Å². The van der Waals surface area contributed by atoms with Gasteiger partial charge in [-0.15, -0.1) is 0 Å². The largest absolute Gasteiger partial charge is 0.448 e. The molecule has 41 heavy (non-hydrogen) atoms. The van der Waals surface area contributed by atoms with Crippen LogP contribution in [-0.2, 0) is 17.7 Å². The molecule has 214 valence electrons. The lowest BCUT2D eigenvalue weighted by Gasteiger charge is -2.30. The Morgan fingerprint density at radius 2 is 1.83 bits per heavy atom. The maximum atomic E-state index is 12.7. The van der Waals surface area contributed by atoms with E-state index in [-0.39, 0.29) is 0 Å². The molecule has 2 aromatic carbocycles. The molecule has 0 unspecified atom stereocenters. The van der Waals surface area contributed by atoms with Gasteiger partial charge in [-0.3, -0.25) is 14.9 Å². The summed E-state index contributed by atoms with van der Waals surface area (Å²) in [6.45, 7) is 12.3. The minimum atomic E-state index is -0.483. The maximum Gasteiger partial charge on any atom is 0.411 e. The Morgan fingerprint density at radius 3 is 2.56 bits per heavy atom. The quantitative estimate of drug-likeness (QED) is 0.203. The van der Waals surface area contributed by atoms with E-state index in [0.29, 0.717) is 49.7 Å². The third-order valence-corrected chi connectivity index (χ3v) is 7.26. The van der Waals surface area contributed by atoms with Crippen LogP contribution in [0.25, 0.3) is 16.4 Å². The second kappa shape index (κ2) is 12.4. The molecule has 0 spiro atoms. The number of anilines is 3. The fourth-order valence-corrected chi connectivity index (χ4v) is 5.32. The number of nitrogens with zero attached hydrogens (tertiary/aromatic N) is 6. The highest BCUT2D eigenvalue weighted by molar-refractivity contribution is 5.91. The molecule has 3 heterocycles. The van der Waals surface area contributed by atoms with Crippen LogP contribution in [-0.4, -0.2) is 60.6 Å². The van der Waals surface area contributed by atoms with Crippen LogP contribution in [0.5, 0.6) is 0 Å². The predicted octanol–water partition coefficient (Wildman–Crippen LogP) is 6.10. The van der Waals surface area contributed by atoms with Crippen molar-refractivity contribution < 1.29 is 9.53 Å². The van der Waals surface area contributed by atoms with Crippen LogP contribution in [0.3, 0.4) is 0 Å². The minimum absolute atomic E-state index is 0.314. The summed E-state index contributed by atoms with van der Waals surface area (Å²) in [5.74, 6) is 0.652. The van der Waals surface area contributed by atoms with Crippen molar-refractivity contribution in [1.82, 2.24) is 29.3 Å². The predicted molar refractivity (Wildman–Crippen MR) is 163 cm³/mol. The van der Waals surface area contributed by atoms with Gasteiger partial charge in [0.25, 0.3) is 0 Å². The average Bonchev–Trinajstić information content (AvgIpc) is 3.51. The van der Waals surface area contributed by atoms with Crippen LogP contribution in [0.2, 0.25) is 0 Å². The summed E-state index contributed by atoms with van der Waals surface area (Å²) in [6.07, 6.45) is 5.37. The van der Waals surface area contributed by atoms with Gasteiger partial charge in [-0.2, -0.15) is 10.2 Å². The first kappa shape index (κ1) is 28.1. The third-order valence-electron chi connectivity index (χ3n) is 7.26. The third kappa shape index (κ3) is 6.33. The van der Waals surface area contributed by atoms with Crippen LogP contribution >= 0.6 is 0 Å². The molecule has 10 heteroatoms. The summed E-state index contributed by atoms with van der Waals surface area (Å²) in [7, 11) is 0. The molecule has 5 aromatic rings. The normalized spacial score (nSPS) is 11.7. The molecule has 1 amide bonds. The van der Waals surface area contributed by atoms with Crippen molar-refractivity contribution in [3.63, 3.8) is 0 Å². The van der Waals surface area contributed by atoms with Gasteiger partial charge < -0.3 is 10.1 Å². The van der Waals surface area contributed by atoms with Crippen molar-refractivity contribution in [2.24, 2.45) is 0 Å². The van der Waals surface area contributed by atoms with Gasteiger partial charge in [0.1, 0.15) is 18.5 Å². The standard InChI is InChI=1S/C31H38N8O2/c1-6-26-27(36-31(40)41-15-14-37(21(2)3)22(4)5)19-39-29(26)30(32-20-34-39)35-25-12-13-28-24(16-25)17-33-38(28)18-23-10-8-7-9-11-23/h7-13,16-17,19-22H,6,14-15,18H2,1-5H3,(H,36,40)(H,32,34,35). The van der Waals surface area contributed by atoms with E-state index in [1.807, 2.05) is 42.1 Å². The fourth-order valence-electron chi connectivity index (χ4n) is 5.32. The molecule has 0 atom stereocenters. The Bertz CT molecular complexity index is 1620. The van der Waals surface area contributed by atoms with Gasteiger partial charge in [-0.25, -0.2) is 14.3 Å². The van der Waals surface area contributed by atoms with Gasteiger partial charge in [0.2, 0.25) is 0 Å². The summed E-state index contributed by atoms with van der Waals surface area (Å²) in [5.41, 5.74) is 5.52. The molecule has 0 radical (unpaired) electrons. The molecule has 10 nitrogen and oxygen atoms in total. The smallest absolute Gasteiger partial charge is 0.411 e. The van der Waals surface area contributed by atoms with E-state index in [0.717, 1.165) is 27.7 Å². The van der Waals surface area contributed by atoms with Crippen LogP contribution in [0.15, 0.2) is 67.3 Å². The summed E-state index contributed by atoms with van der Waals surface area (Å²) < 4.78 is 9.25. The zero-order chi connectivity index (χ0) is 28.9. The molecule has 0 aliphatic rings.